The lowest BCUT2D eigenvalue weighted by Crippen LogP contribution is -2.47. The second-order valence-electron chi connectivity index (χ2n) is 9.60. The van der Waals surface area contributed by atoms with Gasteiger partial charge in [-0.2, -0.15) is 0 Å². The normalized spacial score (nSPS) is 17.3. The molecule has 0 bridgehead atoms. The number of benzene rings is 2. The molecule has 0 aliphatic carbocycles. The molecule has 1 amide bonds. The van der Waals surface area contributed by atoms with Crippen LogP contribution in [0.2, 0.25) is 0 Å². The molecule has 39 heavy (non-hydrogen) atoms. The van der Waals surface area contributed by atoms with Crippen LogP contribution in [-0.4, -0.2) is 81.2 Å². The van der Waals surface area contributed by atoms with E-state index in [1.54, 1.807) is 30.6 Å². The number of nitrogens with one attached hydrogen (secondary N) is 1. The predicted octanol–water partition coefficient (Wildman–Crippen LogP) is 2.33. The topological polar surface area (TPSA) is 133 Å². The molecule has 1 saturated heterocycles. The molecule has 0 atom stereocenters. The van der Waals surface area contributed by atoms with Crippen molar-refractivity contribution in [3.63, 3.8) is 0 Å². The van der Waals surface area contributed by atoms with Crippen LogP contribution >= 0.6 is 0 Å². The first-order valence-electron chi connectivity index (χ1n) is 12.7. The Balaban J connectivity index is 1.16. The summed E-state index contributed by atoms with van der Waals surface area (Å²) >= 11 is 0. The minimum absolute atomic E-state index is 0.0486. The molecular weight excluding hydrogens is 540 g/mol. The van der Waals surface area contributed by atoms with Gasteiger partial charge in [-0.25, -0.2) is 31.1 Å². The van der Waals surface area contributed by atoms with Gasteiger partial charge in [-0.1, -0.05) is 17.7 Å². The van der Waals surface area contributed by atoms with Crippen LogP contribution < -0.4 is 9.62 Å². The maximum absolute atomic E-state index is 13.2. The van der Waals surface area contributed by atoms with E-state index in [-0.39, 0.29) is 27.6 Å². The number of fused-ring (bicyclic) bond motifs is 1. The molecule has 0 spiro atoms. The highest BCUT2D eigenvalue weighted by atomic mass is 32.2. The van der Waals surface area contributed by atoms with Crippen molar-refractivity contribution in [1.82, 2.24) is 19.2 Å². The number of sulfonamides is 2. The number of aryl methyl sites for hydroxylation is 1. The van der Waals surface area contributed by atoms with Crippen molar-refractivity contribution in [2.24, 2.45) is 0 Å². The van der Waals surface area contributed by atoms with Crippen molar-refractivity contribution < 1.29 is 21.6 Å². The van der Waals surface area contributed by atoms with Gasteiger partial charge in [0, 0.05) is 45.1 Å². The number of amides is 1. The van der Waals surface area contributed by atoms with Gasteiger partial charge in [-0.3, -0.25) is 14.4 Å². The van der Waals surface area contributed by atoms with Gasteiger partial charge < -0.3 is 4.90 Å². The Hall–Kier alpha value is -3.55. The van der Waals surface area contributed by atoms with E-state index in [1.165, 1.54) is 30.3 Å². The lowest BCUT2D eigenvalue weighted by Gasteiger charge is -2.34. The Morgan fingerprint density at radius 1 is 0.923 bits per heavy atom. The summed E-state index contributed by atoms with van der Waals surface area (Å²) in [6, 6.07) is 12.1. The minimum Gasteiger partial charge on any atom is -0.338 e. The number of hydrogen-bond donors (Lipinski definition) is 1. The van der Waals surface area contributed by atoms with Crippen LogP contribution in [0.5, 0.6) is 0 Å². The molecule has 2 aromatic carbocycles. The quantitative estimate of drug-likeness (QED) is 0.385. The number of nitrogens with zero attached hydrogens (tertiary/aromatic N) is 5. The van der Waals surface area contributed by atoms with Gasteiger partial charge in [-0.05, 0) is 62.7 Å². The Morgan fingerprint density at radius 3 is 2.28 bits per heavy atom. The van der Waals surface area contributed by atoms with Crippen LogP contribution in [-0.2, 0) is 20.0 Å². The Bertz CT molecular complexity index is 1560. The van der Waals surface area contributed by atoms with Crippen molar-refractivity contribution >= 4 is 37.6 Å². The fourth-order valence-corrected chi connectivity index (χ4v) is 7.39. The number of hydrogen-bond acceptors (Lipinski definition) is 9. The molecule has 13 heteroatoms. The van der Waals surface area contributed by atoms with Crippen LogP contribution in [0.1, 0.15) is 28.8 Å². The highest BCUT2D eigenvalue weighted by molar-refractivity contribution is 7.92. The summed E-state index contributed by atoms with van der Waals surface area (Å²) in [6.45, 7) is 6.04. The second kappa shape index (κ2) is 10.9. The number of unbranched alkanes of at least 4 members (excludes halogenated alkanes) is 1. The lowest BCUT2D eigenvalue weighted by molar-refractivity contribution is 0.0868. The van der Waals surface area contributed by atoms with E-state index >= 15 is 0 Å². The highest BCUT2D eigenvalue weighted by Gasteiger charge is 2.41. The summed E-state index contributed by atoms with van der Waals surface area (Å²) in [6.07, 6.45) is 4.71. The average Bonchev–Trinajstić information content (AvgIpc) is 3.11. The number of aromatic nitrogens is 2. The minimum atomic E-state index is -4.07. The summed E-state index contributed by atoms with van der Waals surface area (Å²) in [5.74, 6) is 0.134. The standard InChI is InChI=1S/C26H30N6O5S2/c1-20-5-8-22(9-6-20)38(34,35)29-21-7-10-23-24(19-21)39(36,37)32(25(23)33)14-3-2-13-30-15-17-31(18-16-30)26-27-11-4-12-28-26/h4-12,19,29H,2-3,13-18H2,1H3. The van der Waals surface area contributed by atoms with Crippen molar-refractivity contribution in [3.8, 4) is 0 Å². The van der Waals surface area contributed by atoms with Crippen LogP contribution in [0, 0.1) is 6.92 Å². The van der Waals surface area contributed by atoms with Gasteiger partial charge >= 0.3 is 0 Å². The number of carbonyl (C=O) groups is 1. The van der Waals surface area contributed by atoms with Crippen LogP contribution in [0.3, 0.4) is 0 Å². The van der Waals surface area contributed by atoms with Crippen molar-refractivity contribution in [2.45, 2.75) is 29.6 Å². The van der Waals surface area contributed by atoms with Crippen molar-refractivity contribution in [3.05, 3.63) is 72.1 Å². The fraction of sp³-hybridized carbons (Fsp3) is 0.346. The molecule has 0 saturated carbocycles. The summed E-state index contributed by atoms with van der Waals surface area (Å²) < 4.78 is 55.2. The van der Waals surface area contributed by atoms with Crippen LogP contribution in [0.15, 0.2) is 70.7 Å². The van der Waals surface area contributed by atoms with Gasteiger partial charge in [-0.15, -0.1) is 0 Å². The molecule has 2 aliphatic rings. The third-order valence-electron chi connectivity index (χ3n) is 6.88. The largest absolute Gasteiger partial charge is 0.338 e. The van der Waals surface area contributed by atoms with E-state index < -0.39 is 26.0 Å². The van der Waals surface area contributed by atoms with Gasteiger partial charge in [0.15, 0.2) is 0 Å². The van der Waals surface area contributed by atoms with Gasteiger partial charge in [0.2, 0.25) is 5.95 Å². The zero-order valence-corrected chi connectivity index (χ0v) is 23.2. The molecule has 3 aromatic rings. The molecule has 206 valence electrons. The molecule has 1 fully saturated rings. The van der Waals surface area contributed by atoms with E-state index in [0.29, 0.717) is 6.42 Å². The SMILES string of the molecule is Cc1ccc(S(=O)(=O)Nc2ccc3c(c2)S(=O)(=O)N(CCCCN2CCN(c4ncccn4)CC2)C3=O)cc1. The zero-order valence-electron chi connectivity index (χ0n) is 21.5. The molecular formula is C26H30N6O5S2. The van der Waals surface area contributed by atoms with E-state index in [0.717, 1.165) is 55.0 Å². The molecule has 3 heterocycles. The first-order valence-corrected chi connectivity index (χ1v) is 15.6. The first kappa shape index (κ1) is 27.0. The molecule has 1 N–H and O–H groups in total. The average molecular weight is 571 g/mol. The maximum Gasteiger partial charge on any atom is 0.269 e. The van der Waals surface area contributed by atoms with Crippen molar-refractivity contribution in [2.75, 3.05) is 48.9 Å². The summed E-state index contributed by atoms with van der Waals surface area (Å²) in [4.78, 5) is 25.8. The van der Waals surface area contributed by atoms with Crippen LogP contribution in [0.4, 0.5) is 11.6 Å². The van der Waals surface area contributed by atoms with Gasteiger partial charge in [0.25, 0.3) is 26.0 Å². The van der Waals surface area contributed by atoms with E-state index in [4.69, 9.17) is 0 Å². The van der Waals surface area contributed by atoms with Gasteiger partial charge in [0.05, 0.1) is 16.1 Å². The molecule has 0 radical (unpaired) electrons. The Kier molecular flexibility index (Phi) is 7.56. The summed E-state index contributed by atoms with van der Waals surface area (Å²) in [5, 5.41) is 0. The maximum atomic E-state index is 13.2. The first-order chi connectivity index (χ1) is 18.6. The Morgan fingerprint density at radius 2 is 1.59 bits per heavy atom. The second-order valence-corrected chi connectivity index (χ2v) is 13.1. The van der Waals surface area contributed by atoms with Gasteiger partial charge in [0.1, 0.15) is 4.90 Å². The number of carbonyl (C=O) groups excluding carboxylic acids is 1. The number of piperazine rings is 1. The molecule has 2 aliphatic heterocycles. The highest BCUT2D eigenvalue weighted by Crippen LogP contribution is 2.33. The fourth-order valence-electron chi connectivity index (χ4n) is 4.71. The zero-order chi connectivity index (χ0) is 27.6. The molecule has 5 rings (SSSR count). The molecule has 1 aromatic heterocycles. The monoisotopic (exact) mass is 570 g/mol. The van der Waals surface area contributed by atoms with Crippen LogP contribution in [0.25, 0.3) is 0 Å². The molecule has 0 unspecified atom stereocenters. The third-order valence-corrected chi connectivity index (χ3v) is 10.1. The predicted molar refractivity (Wildman–Crippen MR) is 147 cm³/mol. The summed E-state index contributed by atoms with van der Waals surface area (Å²) in [7, 11) is -7.99. The van der Waals surface area contributed by atoms with E-state index in [2.05, 4.69) is 24.5 Å². The van der Waals surface area contributed by atoms with E-state index in [1.807, 2.05) is 6.92 Å². The smallest absolute Gasteiger partial charge is 0.269 e. The summed E-state index contributed by atoms with van der Waals surface area (Å²) in [5.41, 5.74) is 1.04. The Labute approximate surface area is 228 Å². The van der Waals surface area contributed by atoms with E-state index in [9.17, 15) is 21.6 Å². The third kappa shape index (κ3) is 5.75. The number of rotatable bonds is 9. The number of anilines is 2. The lowest BCUT2D eigenvalue weighted by atomic mass is 10.2. The van der Waals surface area contributed by atoms with Crippen molar-refractivity contribution in [1.29, 1.82) is 0 Å². The molecule has 11 nitrogen and oxygen atoms in total.